The fourth-order valence-electron chi connectivity index (χ4n) is 3.15. The van der Waals surface area contributed by atoms with E-state index in [0.29, 0.717) is 0 Å². The van der Waals surface area contributed by atoms with E-state index >= 15 is 0 Å². The van der Waals surface area contributed by atoms with Crippen molar-refractivity contribution in [3.63, 3.8) is 0 Å². The fourth-order valence-corrected chi connectivity index (χ4v) is 3.15. The molecule has 3 rings (SSSR count). The number of benzene rings is 1. The molecule has 2 aliphatic rings. The van der Waals surface area contributed by atoms with Crippen LogP contribution >= 0.6 is 0 Å². The lowest BCUT2D eigenvalue weighted by molar-refractivity contribution is -0.130. The normalized spacial score (nSPS) is 25.6. The summed E-state index contributed by atoms with van der Waals surface area (Å²) in [6.07, 6.45) is 4.51. The van der Waals surface area contributed by atoms with E-state index in [9.17, 15) is 9.59 Å². The molecule has 1 unspecified atom stereocenters. The maximum absolute atomic E-state index is 12.4. The largest absolute Gasteiger partial charge is 0.327 e. The Morgan fingerprint density at radius 1 is 1.25 bits per heavy atom. The van der Waals surface area contributed by atoms with E-state index in [1.807, 2.05) is 12.1 Å². The van der Waals surface area contributed by atoms with E-state index < -0.39 is 11.6 Å². The number of urea groups is 1. The van der Waals surface area contributed by atoms with Gasteiger partial charge in [-0.25, -0.2) is 4.79 Å². The molecule has 1 aromatic carbocycles. The number of imide groups is 1. The number of nitrogens with one attached hydrogen (secondary N) is 1. The van der Waals surface area contributed by atoms with E-state index in [1.165, 1.54) is 31.0 Å². The van der Waals surface area contributed by atoms with Crippen molar-refractivity contribution in [3.05, 3.63) is 34.9 Å². The summed E-state index contributed by atoms with van der Waals surface area (Å²) in [4.78, 5) is 25.3. The van der Waals surface area contributed by atoms with E-state index in [0.717, 1.165) is 23.3 Å². The highest BCUT2D eigenvalue weighted by molar-refractivity contribution is 6.07. The van der Waals surface area contributed by atoms with Gasteiger partial charge in [-0.15, -0.1) is 0 Å². The molecule has 1 fully saturated rings. The van der Waals surface area contributed by atoms with Crippen molar-refractivity contribution in [2.75, 3.05) is 13.6 Å². The lowest BCUT2D eigenvalue weighted by Gasteiger charge is -2.27. The number of carbonyl (C=O) groups is 2. The molecule has 5 nitrogen and oxygen atoms in total. The van der Waals surface area contributed by atoms with E-state index in [1.54, 1.807) is 0 Å². The van der Waals surface area contributed by atoms with E-state index in [2.05, 4.69) is 11.4 Å². The molecular weight excluding hydrogens is 254 g/mol. The second kappa shape index (κ2) is 4.59. The number of carbonyl (C=O) groups excluding carboxylic acids is 2. The monoisotopic (exact) mass is 273 g/mol. The molecule has 1 aromatic rings. The maximum atomic E-state index is 12.4. The van der Waals surface area contributed by atoms with Crippen molar-refractivity contribution in [3.8, 4) is 0 Å². The minimum absolute atomic E-state index is 0.0701. The van der Waals surface area contributed by atoms with Crippen molar-refractivity contribution in [2.24, 2.45) is 5.73 Å². The van der Waals surface area contributed by atoms with Gasteiger partial charge in [-0.2, -0.15) is 0 Å². The average Bonchev–Trinajstić information content (AvgIpc) is 2.71. The Morgan fingerprint density at radius 3 is 2.55 bits per heavy atom. The summed E-state index contributed by atoms with van der Waals surface area (Å²) in [5.74, 6) is -0.277. The van der Waals surface area contributed by atoms with Gasteiger partial charge in [0.05, 0.1) is 0 Å². The van der Waals surface area contributed by atoms with Crippen LogP contribution < -0.4 is 11.1 Å². The molecular formula is C15H19N3O2. The first kappa shape index (κ1) is 13.1. The van der Waals surface area contributed by atoms with Crippen LogP contribution in [0.25, 0.3) is 0 Å². The Bertz CT molecular complexity index is 584. The molecule has 106 valence electrons. The van der Waals surface area contributed by atoms with Gasteiger partial charge >= 0.3 is 6.03 Å². The molecule has 20 heavy (non-hydrogen) atoms. The molecule has 0 radical (unpaired) electrons. The van der Waals surface area contributed by atoms with Gasteiger partial charge in [0.2, 0.25) is 0 Å². The van der Waals surface area contributed by atoms with Gasteiger partial charge in [0.25, 0.3) is 5.91 Å². The van der Waals surface area contributed by atoms with Gasteiger partial charge in [-0.1, -0.05) is 18.2 Å². The number of aryl methyl sites for hydroxylation is 2. The topological polar surface area (TPSA) is 75.4 Å². The maximum Gasteiger partial charge on any atom is 0.325 e. The smallest absolute Gasteiger partial charge is 0.325 e. The molecule has 3 amide bonds. The Balaban J connectivity index is 2.06. The second-order valence-corrected chi connectivity index (χ2v) is 5.59. The number of likely N-dealkylation sites (N-methyl/N-ethyl adjacent to an activating group) is 1. The van der Waals surface area contributed by atoms with Crippen molar-refractivity contribution < 1.29 is 9.59 Å². The first-order valence-corrected chi connectivity index (χ1v) is 7.01. The van der Waals surface area contributed by atoms with Crippen LogP contribution in [0.15, 0.2) is 18.2 Å². The number of fused-ring (bicyclic) bond motifs is 1. The van der Waals surface area contributed by atoms with Crippen LogP contribution in [0.1, 0.15) is 29.5 Å². The van der Waals surface area contributed by atoms with Crippen molar-refractivity contribution in [2.45, 2.75) is 31.2 Å². The number of amides is 3. The summed E-state index contributed by atoms with van der Waals surface area (Å²) in [5.41, 5.74) is 8.15. The van der Waals surface area contributed by atoms with Crippen LogP contribution in [0.2, 0.25) is 0 Å². The molecule has 1 aliphatic carbocycles. The van der Waals surface area contributed by atoms with Crippen molar-refractivity contribution in [1.82, 2.24) is 10.2 Å². The van der Waals surface area contributed by atoms with Crippen molar-refractivity contribution >= 4 is 11.9 Å². The molecule has 1 heterocycles. The standard InChI is InChI=1S/C15H19N3O2/c1-18-13(19)15(9-16,17-14(18)20)12-7-6-10-4-2-3-5-11(10)8-12/h6-8H,2-5,9,16H2,1H3,(H,17,20). The molecule has 1 saturated heterocycles. The summed E-state index contributed by atoms with van der Waals surface area (Å²) in [7, 11) is 1.48. The second-order valence-electron chi connectivity index (χ2n) is 5.59. The molecule has 0 aromatic heterocycles. The highest BCUT2D eigenvalue weighted by atomic mass is 16.2. The molecule has 0 bridgehead atoms. The third-order valence-electron chi connectivity index (χ3n) is 4.44. The van der Waals surface area contributed by atoms with Crippen LogP contribution in [0.5, 0.6) is 0 Å². The van der Waals surface area contributed by atoms with E-state index in [4.69, 9.17) is 5.73 Å². The first-order chi connectivity index (χ1) is 9.58. The predicted octanol–water partition coefficient (Wildman–Crippen LogP) is 0.901. The summed E-state index contributed by atoms with van der Waals surface area (Å²) in [6.45, 7) is 0.0701. The first-order valence-electron chi connectivity index (χ1n) is 7.01. The molecule has 1 atom stereocenters. The Hall–Kier alpha value is -1.88. The van der Waals surface area contributed by atoms with Crippen LogP contribution in [0, 0.1) is 0 Å². The zero-order valence-corrected chi connectivity index (χ0v) is 11.6. The van der Waals surface area contributed by atoms with Crippen LogP contribution in [-0.4, -0.2) is 30.4 Å². The van der Waals surface area contributed by atoms with Crippen LogP contribution in [0.3, 0.4) is 0 Å². The molecule has 0 saturated carbocycles. The molecule has 3 N–H and O–H groups in total. The average molecular weight is 273 g/mol. The Kier molecular flexibility index (Phi) is 3.01. The zero-order valence-electron chi connectivity index (χ0n) is 11.6. The number of hydrogen-bond acceptors (Lipinski definition) is 3. The van der Waals surface area contributed by atoms with Crippen molar-refractivity contribution in [1.29, 1.82) is 0 Å². The number of nitrogens with two attached hydrogens (primary N) is 1. The summed E-state index contributed by atoms with van der Waals surface area (Å²) in [5, 5.41) is 2.75. The molecule has 1 aliphatic heterocycles. The van der Waals surface area contributed by atoms with E-state index in [-0.39, 0.29) is 12.5 Å². The van der Waals surface area contributed by atoms with Gasteiger partial charge < -0.3 is 11.1 Å². The lowest BCUT2D eigenvalue weighted by atomic mass is 9.84. The number of nitrogens with zero attached hydrogens (tertiary/aromatic N) is 1. The van der Waals surface area contributed by atoms with Gasteiger partial charge in [0.15, 0.2) is 5.54 Å². The lowest BCUT2D eigenvalue weighted by Crippen LogP contribution is -2.50. The minimum atomic E-state index is -1.10. The minimum Gasteiger partial charge on any atom is -0.327 e. The third-order valence-corrected chi connectivity index (χ3v) is 4.44. The highest BCUT2D eigenvalue weighted by Crippen LogP contribution is 2.31. The Labute approximate surface area is 118 Å². The summed E-state index contributed by atoms with van der Waals surface area (Å²) >= 11 is 0. The predicted molar refractivity (Wildman–Crippen MR) is 75.1 cm³/mol. The van der Waals surface area contributed by atoms with Gasteiger partial charge in [0, 0.05) is 13.6 Å². The van der Waals surface area contributed by atoms with Gasteiger partial charge in [-0.05, 0) is 42.4 Å². The number of rotatable bonds is 2. The summed E-state index contributed by atoms with van der Waals surface area (Å²) < 4.78 is 0. The molecule has 5 heteroatoms. The van der Waals surface area contributed by atoms with Crippen LogP contribution in [0.4, 0.5) is 4.79 Å². The van der Waals surface area contributed by atoms with Crippen LogP contribution in [-0.2, 0) is 23.2 Å². The fraction of sp³-hybridized carbons (Fsp3) is 0.467. The molecule has 0 spiro atoms. The number of hydrogen-bond donors (Lipinski definition) is 2. The quantitative estimate of drug-likeness (QED) is 0.786. The van der Waals surface area contributed by atoms with Gasteiger partial charge in [-0.3, -0.25) is 9.69 Å². The zero-order chi connectivity index (χ0) is 14.3. The Morgan fingerprint density at radius 2 is 1.95 bits per heavy atom. The highest BCUT2D eigenvalue weighted by Gasteiger charge is 2.50. The summed E-state index contributed by atoms with van der Waals surface area (Å²) in [6, 6.07) is 5.64. The third kappa shape index (κ3) is 1.73. The SMILES string of the molecule is CN1C(=O)NC(CN)(c2ccc3c(c2)CCCC3)C1=O. The van der Waals surface area contributed by atoms with Gasteiger partial charge in [0.1, 0.15) is 0 Å².